The first-order valence-electron chi connectivity index (χ1n) is 9.83. The van der Waals surface area contributed by atoms with Gasteiger partial charge in [-0.15, -0.1) is 0 Å². The summed E-state index contributed by atoms with van der Waals surface area (Å²) in [6.45, 7) is 7.72. The van der Waals surface area contributed by atoms with Crippen molar-refractivity contribution in [2.75, 3.05) is 56.7 Å². The summed E-state index contributed by atoms with van der Waals surface area (Å²) in [5, 5.41) is 17.3. The monoisotopic (exact) mass is 419 g/mol. The van der Waals surface area contributed by atoms with Crippen LogP contribution in [-0.4, -0.2) is 65.9 Å². The molecule has 0 aliphatic rings. The van der Waals surface area contributed by atoms with Gasteiger partial charge in [-0.2, -0.15) is 15.0 Å². The van der Waals surface area contributed by atoms with Crippen LogP contribution in [0.25, 0.3) is 11.4 Å². The molecule has 4 N–H and O–H groups in total. The predicted molar refractivity (Wildman–Crippen MR) is 114 cm³/mol. The molecule has 11 heteroatoms. The Labute approximate surface area is 175 Å². The van der Waals surface area contributed by atoms with Gasteiger partial charge in [0.15, 0.2) is 5.82 Å². The average molecular weight is 419 g/mol. The van der Waals surface area contributed by atoms with E-state index in [1.165, 1.54) is 12.1 Å². The number of nitrogens with one attached hydrogen (secondary N) is 2. The van der Waals surface area contributed by atoms with Gasteiger partial charge in [-0.1, -0.05) is 26.0 Å². The molecule has 0 amide bonds. The summed E-state index contributed by atoms with van der Waals surface area (Å²) in [7, 11) is 0. The number of nitro groups is 1. The van der Waals surface area contributed by atoms with Crippen LogP contribution in [0, 0.1) is 16.0 Å². The van der Waals surface area contributed by atoms with Crippen molar-refractivity contribution in [1.29, 1.82) is 0 Å². The minimum atomic E-state index is -0.448. The Morgan fingerprint density at radius 2 is 1.77 bits per heavy atom. The molecule has 2 rings (SSSR count). The molecule has 1 heterocycles. The first-order valence-corrected chi connectivity index (χ1v) is 9.83. The van der Waals surface area contributed by atoms with E-state index in [1.54, 1.807) is 12.1 Å². The SMILES string of the molecule is CC(C)CNc1nc(NCCOCCOCCN)nc(-c2cccc([N+](=O)[O-])c2)n1. The zero-order valence-corrected chi connectivity index (χ0v) is 17.3. The van der Waals surface area contributed by atoms with Crippen molar-refractivity contribution >= 4 is 17.6 Å². The number of benzene rings is 1. The standard InChI is InChI=1S/C19H29N7O4/c1-14(2)13-22-19-24-17(15-4-3-5-16(12-15)26(27)28)23-18(25-19)21-7-9-30-11-10-29-8-6-20/h3-5,12,14H,6-11,13,20H2,1-2H3,(H2,21,22,23,24,25). The van der Waals surface area contributed by atoms with Crippen LogP contribution in [0.3, 0.4) is 0 Å². The minimum Gasteiger partial charge on any atom is -0.378 e. The van der Waals surface area contributed by atoms with Crippen molar-refractivity contribution in [2.45, 2.75) is 13.8 Å². The number of nitrogens with zero attached hydrogens (tertiary/aromatic N) is 4. The summed E-state index contributed by atoms with van der Waals surface area (Å²) < 4.78 is 10.7. The van der Waals surface area contributed by atoms with Crippen LogP contribution in [0.1, 0.15) is 13.8 Å². The van der Waals surface area contributed by atoms with E-state index in [4.69, 9.17) is 15.2 Å². The second-order valence-corrected chi connectivity index (χ2v) is 6.83. The van der Waals surface area contributed by atoms with Crippen molar-refractivity contribution in [3.05, 3.63) is 34.4 Å². The lowest BCUT2D eigenvalue weighted by molar-refractivity contribution is -0.384. The second kappa shape index (κ2) is 12.6. The topological polar surface area (TPSA) is 150 Å². The molecule has 0 atom stereocenters. The number of aromatic nitrogens is 3. The smallest absolute Gasteiger partial charge is 0.270 e. The van der Waals surface area contributed by atoms with E-state index in [1.807, 2.05) is 0 Å². The third kappa shape index (κ3) is 8.23. The number of anilines is 2. The number of rotatable bonds is 14. The molecule has 0 saturated heterocycles. The van der Waals surface area contributed by atoms with E-state index in [0.717, 1.165) is 0 Å². The Bertz CT molecular complexity index is 804. The number of nitrogens with two attached hydrogens (primary N) is 1. The molecule has 0 bridgehead atoms. The summed E-state index contributed by atoms with van der Waals surface area (Å²) in [4.78, 5) is 23.8. The predicted octanol–water partition coefficient (Wildman–Crippen LogP) is 1.92. The van der Waals surface area contributed by atoms with Gasteiger partial charge in [0, 0.05) is 37.3 Å². The first-order chi connectivity index (χ1) is 14.5. The fraction of sp³-hybridized carbons (Fsp3) is 0.526. The summed E-state index contributed by atoms with van der Waals surface area (Å²) >= 11 is 0. The van der Waals surface area contributed by atoms with Crippen molar-refractivity contribution in [1.82, 2.24) is 15.0 Å². The molecule has 2 aromatic rings. The van der Waals surface area contributed by atoms with Gasteiger partial charge in [-0.3, -0.25) is 10.1 Å². The molecule has 164 valence electrons. The Morgan fingerprint density at radius 1 is 1.07 bits per heavy atom. The van der Waals surface area contributed by atoms with Crippen molar-refractivity contribution in [2.24, 2.45) is 11.7 Å². The normalized spacial score (nSPS) is 10.9. The summed E-state index contributed by atoms with van der Waals surface area (Å²) in [6, 6.07) is 6.20. The molecule has 11 nitrogen and oxygen atoms in total. The van der Waals surface area contributed by atoms with E-state index in [2.05, 4.69) is 39.4 Å². The van der Waals surface area contributed by atoms with Crippen LogP contribution in [0.5, 0.6) is 0 Å². The fourth-order valence-corrected chi connectivity index (χ4v) is 2.36. The lowest BCUT2D eigenvalue weighted by Crippen LogP contribution is -2.17. The van der Waals surface area contributed by atoms with Gasteiger partial charge < -0.3 is 25.8 Å². The third-order valence-electron chi connectivity index (χ3n) is 3.78. The van der Waals surface area contributed by atoms with Crippen LogP contribution in [-0.2, 0) is 9.47 Å². The van der Waals surface area contributed by atoms with Gasteiger partial charge in [0.2, 0.25) is 11.9 Å². The van der Waals surface area contributed by atoms with E-state index in [0.29, 0.717) is 75.3 Å². The highest BCUT2D eigenvalue weighted by Crippen LogP contribution is 2.22. The first kappa shape index (κ1) is 23.4. The molecule has 0 aliphatic heterocycles. The van der Waals surface area contributed by atoms with Gasteiger partial charge in [0.1, 0.15) is 0 Å². The second-order valence-electron chi connectivity index (χ2n) is 6.83. The number of ether oxygens (including phenoxy) is 2. The molecule has 0 saturated carbocycles. The number of non-ortho nitro benzene ring substituents is 1. The van der Waals surface area contributed by atoms with E-state index >= 15 is 0 Å². The molecule has 0 radical (unpaired) electrons. The molecule has 1 aromatic carbocycles. The lowest BCUT2D eigenvalue weighted by Gasteiger charge is -2.12. The highest BCUT2D eigenvalue weighted by molar-refractivity contribution is 5.61. The van der Waals surface area contributed by atoms with Gasteiger partial charge in [0.25, 0.3) is 5.69 Å². The van der Waals surface area contributed by atoms with Gasteiger partial charge in [-0.05, 0) is 5.92 Å². The molecule has 0 aliphatic carbocycles. The molecular formula is C19H29N7O4. The maximum Gasteiger partial charge on any atom is 0.270 e. The van der Waals surface area contributed by atoms with Crippen molar-refractivity contribution in [3.63, 3.8) is 0 Å². The van der Waals surface area contributed by atoms with E-state index < -0.39 is 4.92 Å². The van der Waals surface area contributed by atoms with Crippen LogP contribution >= 0.6 is 0 Å². The largest absolute Gasteiger partial charge is 0.378 e. The maximum absolute atomic E-state index is 11.1. The molecule has 0 fully saturated rings. The Balaban J connectivity index is 2.05. The van der Waals surface area contributed by atoms with Crippen LogP contribution in [0.2, 0.25) is 0 Å². The van der Waals surface area contributed by atoms with Gasteiger partial charge >= 0.3 is 0 Å². The molecule has 30 heavy (non-hydrogen) atoms. The van der Waals surface area contributed by atoms with E-state index in [-0.39, 0.29) is 5.69 Å². The van der Waals surface area contributed by atoms with Gasteiger partial charge in [-0.25, -0.2) is 0 Å². The Kier molecular flexibility index (Phi) is 9.84. The van der Waals surface area contributed by atoms with Crippen molar-refractivity contribution < 1.29 is 14.4 Å². The lowest BCUT2D eigenvalue weighted by atomic mass is 10.2. The summed E-state index contributed by atoms with van der Waals surface area (Å²) in [5.41, 5.74) is 5.86. The van der Waals surface area contributed by atoms with E-state index in [9.17, 15) is 10.1 Å². The number of hydrogen-bond donors (Lipinski definition) is 3. The van der Waals surface area contributed by atoms with Gasteiger partial charge in [0.05, 0.1) is 31.4 Å². The quantitative estimate of drug-likeness (QED) is 0.235. The Morgan fingerprint density at radius 3 is 2.43 bits per heavy atom. The number of nitro benzene ring substituents is 1. The molecular weight excluding hydrogens is 390 g/mol. The van der Waals surface area contributed by atoms with Crippen molar-refractivity contribution in [3.8, 4) is 11.4 Å². The molecule has 0 unspecified atom stereocenters. The third-order valence-corrected chi connectivity index (χ3v) is 3.78. The molecule has 1 aromatic heterocycles. The van der Waals surface area contributed by atoms with Crippen LogP contribution in [0.4, 0.5) is 17.6 Å². The molecule has 0 spiro atoms. The Hall–Kier alpha value is -2.89. The maximum atomic E-state index is 11.1. The minimum absolute atomic E-state index is 0.0237. The summed E-state index contributed by atoms with van der Waals surface area (Å²) in [6.07, 6.45) is 0. The average Bonchev–Trinajstić information content (AvgIpc) is 2.74. The number of hydrogen-bond acceptors (Lipinski definition) is 10. The summed E-state index contributed by atoms with van der Waals surface area (Å²) in [5.74, 6) is 1.51. The zero-order valence-electron chi connectivity index (χ0n) is 17.3. The highest BCUT2D eigenvalue weighted by Gasteiger charge is 2.12. The highest BCUT2D eigenvalue weighted by atomic mass is 16.6. The zero-order chi connectivity index (χ0) is 21.8. The van der Waals surface area contributed by atoms with Crippen LogP contribution in [0.15, 0.2) is 24.3 Å². The fourth-order valence-electron chi connectivity index (χ4n) is 2.36. The van der Waals surface area contributed by atoms with Crippen LogP contribution < -0.4 is 16.4 Å².